The van der Waals surface area contributed by atoms with E-state index in [0.29, 0.717) is 5.56 Å². The first-order valence-electron chi connectivity index (χ1n) is 3.82. The number of benzene rings is 1. The van der Waals surface area contributed by atoms with E-state index < -0.39 is 6.04 Å². The van der Waals surface area contributed by atoms with Crippen molar-refractivity contribution in [3.8, 4) is 5.75 Å². The molecule has 14 heavy (non-hydrogen) atoms. The first kappa shape index (κ1) is 10.8. The fourth-order valence-electron chi connectivity index (χ4n) is 1.05. The number of rotatable bonds is 3. The normalized spacial score (nSPS) is 11.9. The summed E-state index contributed by atoms with van der Waals surface area (Å²) in [6, 6.07) is 3.97. The Balaban J connectivity index is 3.14. The van der Waals surface area contributed by atoms with E-state index in [4.69, 9.17) is 10.6 Å². The van der Waals surface area contributed by atoms with Crippen LogP contribution in [0.15, 0.2) is 27.8 Å². The molecule has 0 fully saturated rings. The van der Waals surface area contributed by atoms with E-state index in [1.807, 2.05) is 0 Å². The quantitative estimate of drug-likeness (QED) is 0.495. The van der Waals surface area contributed by atoms with E-state index in [2.05, 4.69) is 26.0 Å². The molecule has 0 aliphatic heterocycles. The van der Waals surface area contributed by atoms with Gasteiger partial charge in [-0.25, -0.2) is 0 Å². The van der Waals surface area contributed by atoms with Crippen LogP contribution in [0.25, 0.3) is 10.4 Å². The monoisotopic (exact) mass is 257 g/mol. The molecule has 1 aromatic carbocycles. The van der Waals surface area contributed by atoms with Crippen molar-refractivity contribution >= 4 is 15.9 Å². The summed E-state index contributed by atoms with van der Waals surface area (Å²) in [5.41, 5.74) is 8.65. The van der Waals surface area contributed by atoms with Crippen LogP contribution in [0.4, 0.5) is 0 Å². The van der Waals surface area contributed by atoms with Crippen molar-refractivity contribution in [1.82, 2.24) is 0 Å². The maximum absolute atomic E-state index is 9.45. The number of azide groups is 1. The van der Waals surface area contributed by atoms with Gasteiger partial charge in [0.15, 0.2) is 0 Å². The zero-order valence-corrected chi connectivity index (χ0v) is 8.72. The smallest absolute Gasteiger partial charge is 0.119 e. The zero-order valence-electron chi connectivity index (χ0n) is 7.13. The van der Waals surface area contributed by atoms with Gasteiger partial charge in [0.05, 0.1) is 12.6 Å². The highest BCUT2D eigenvalue weighted by molar-refractivity contribution is 9.10. The lowest BCUT2D eigenvalue weighted by Gasteiger charge is -2.10. The van der Waals surface area contributed by atoms with E-state index in [0.717, 1.165) is 4.47 Å². The van der Waals surface area contributed by atoms with Crippen LogP contribution in [0.5, 0.6) is 5.75 Å². The van der Waals surface area contributed by atoms with Gasteiger partial charge in [-0.1, -0.05) is 21.0 Å². The molecular formula is C8H8BrN3O2. The molecule has 1 aromatic rings. The van der Waals surface area contributed by atoms with Crippen LogP contribution in [0.1, 0.15) is 11.6 Å². The number of aromatic hydroxyl groups is 1. The van der Waals surface area contributed by atoms with E-state index >= 15 is 0 Å². The summed E-state index contributed by atoms with van der Waals surface area (Å²) in [6.45, 7) is -0.339. The third kappa shape index (κ3) is 2.38. The molecule has 0 saturated heterocycles. The average molecular weight is 258 g/mol. The standard InChI is InChI=1S/C8H8BrN3O2/c9-5-1-2-8(14)6(3-5)7(4-13)11-12-10/h1-3,7,13-14H,4H2. The Kier molecular flexibility index (Phi) is 3.76. The maximum Gasteiger partial charge on any atom is 0.119 e. The number of hydrogen-bond acceptors (Lipinski definition) is 3. The Labute approximate surface area is 88.8 Å². The number of aliphatic hydroxyl groups is 1. The summed E-state index contributed by atoms with van der Waals surface area (Å²) < 4.78 is 0.747. The van der Waals surface area contributed by atoms with Crippen molar-refractivity contribution < 1.29 is 10.2 Å². The molecule has 0 aliphatic carbocycles. The summed E-state index contributed by atoms with van der Waals surface area (Å²) in [6.07, 6.45) is 0. The molecule has 0 radical (unpaired) electrons. The molecule has 1 rings (SSSR count). The van der Waals surface area contributed by atoms with E-state index in [9.17, 15) is 5.11 Å². The first-order valence-corrected chi connectivity index (χ1v) is 4.61. The van der Waals surface area contributed by atoms with Crippen molar-refractivity contribution in [2.75, 3.05) is 6.61 Å². The van der Waals surface area contributed by atoms with E-state index in [-0.39, 0.29) is 12.4 Å². The van der Waals surface area contributed by atoms with Crippen LogP contribution in [-0.2, 0) is 0 Å². The van der Waals surface area contributed by atoms with E-state index in [1.165, 1.54) is 6.07 Å². The minimum atomic E-state index is -0.752. The first-order chi connectivity index (χ1) is 6.69. The summed E-state index contributed by atoms with van der Waals surface area (Å²) >= 11 is 3.22. The summed E-state index contributed by atoms with van der Waals surface area (Å²) in [5, 5.41) is 21.7. The van der Waals surface area contributed by atoms with Gasteiger partial charge in [0.1, 0.15) is 5.75 Å². The number of phenols is 1. The Morgan fingerprint density at radius 2 is 2.29 bits per heavy atom. The summed E-state index contributed by atoms with van der Waals surface area (Å²) in [4.78, 5) is 2.59. The lowest BCUT2D eigenvalue weighted by Crippen LogP contribution is -2.00. The average Bonchev–Trinajstić information content (AvgIpc) is 2.18. The van der Waals surface area contributed by atoms with Crippen LogP contribution in [0, 0.1) is 0 Å². The highest BCUT2D eigenvalue weighted by atomic mass is 79.9. The Morgan fingerprint density at radius 1 is 1.57 bits per heavy atom. The number of aliphatic hydroxyl groups excluding tert-OH is 1. The molecule has 0 aromatic heterocycles. The minimum absolute atomic E-state index is 0.000324. The molecule has 0 heterocycles. The molecular weight excluding hydrogens is 250 g/mol. The van der Waals surface area contributed by atoms with Crippen molar-refractivity contribution in [2.45, 2.75) is 6.04 Å². The van der Waals surface area contributed by atoms with Gasteiger partial charge in [0.25, 0.3) is 0 Å². The van der Waals surface area contributed by atoms with Crippen LogP contribution >= 0.6 is 15.9 Å². The van der Waals surface area contributed by atoms with Gasteiger partial charge >= 0.3 is 0 Å². The number of phenolic OH excluding ortho intramolecular Hbond substituents is 1. The zero-order chi connectivity index (χ0) is 10.6. The predicted molar refractivity (Wildman–Crippen MR) is 54.8 cm³/mol. The largest absolute Gasteiger partial charge is 0.508 e. The second kappa shape index (κ2) is 4.85. The summed E-state index contributed by atoms with van der Waals surface area (Å²) in [5.74, 6) is -0.000324. The number of nitrogens with zero attached hydrogens (tertiary/aromatic N) is 3. The molecule has 0 bridgehead atoms. The van der Waals surface area contributed by atoms with Gasteiger partial charge in [0.2, 0.25) is 0 Å². The fourth-order valence-corrected chi connectivity index (χ4v) is 1.43. The molecule has 6 heteroatoms. The van der Waals surface area contributed by atoms with Gasteiger partial charge in [0, 0.05) is 14.9 Å². The number of halogens is 1. The van der Waals surface area contributed by atoms with Gasteiger partial charge in [-0.15, -0.1) is 0 Å². The Hall–Kier alpha value is -1.23. The highest BCUT2D eigenvalue weighted by Crippen LogP contribution is 2.29. The fraction of sp³-hybridized carbons (Fsp3) is 0.250. The minimum Gasteiger partial charge on any atom is -0.508 e. The second-order valence-corrected chi connectivity index (χ2v) is 3.52. The lowest BCUT2D eigenvalue weighted by atomic mass is 10.1. The van der Waals surface area contributed by atoms with Crippen LogP contribution in [0.3, 0.4) is 0 Å². The predicted octanol–water partition coefficient (Wildman–Crippen LogP) is 2.50. The van der Waals surface area contributed by atoms with Crippen molar-refractivity contribution in [3.63, 3.8) is 0 Å². The molecule has 0 spiro atoms. The Morgan fingerprint density at radius 3 is 2.86 bits per heavy atom. The highest BCUT2D eigenvalue weighted by Gasteiger charge is 2.12. The third-order valence-corrected chi connectivity index (χ3v) is 2.21. The molecule has 1 atom stereocenters. The van der Waals surface area contributed by atoms with Crippen molar-refractivity contribution in [1.29, 1.82) is 0 Å². The van der Waals surface area contributed by atoms with Gasteiger partial charge in [-0.05, 0) is 23.7 Å². The lowest BCUT2D eigenvalue weighted by molar-refractivity contribution is 0.265. The van der Waals surface area contributed by atoms with Crippen molar-refractivity contribution in [3.05, 3.63) is 38.7 Å². The van der Waals surface area contributed by atoms with Crippen LogP contribution in [-0.4, -0.2) is 16.8 Å². The van der Waals surface area contributed by atoms with Crippen LogP contribution < -0.4 is 0 Å². The third-order valence-electron chi connectivity index (χ3n) is 1.71. The van der Waals surface area contributed by atoms with E-state index in [1.54, 1.807) is 12.1 Å². The maximum atomic E-state index is 9.45. The SMILES string of the molecule is [N-]=[N+]=NC(CO)c1cc(Br)ccc1O. The molecule has 5 nitrogen and oxygen atoms in total. The molecule has 0 saturated carbocycles. The molecule has 2 N–H and O–H groups in total. The molecule has 0 aliphatic rings. The van der Waals surface area contributed by atoms with Gasteiger partial charge in [-0.3, -0.25) is 0 Å². The van der Waals surface area contributed by atoms with Crippen molar-refractivity contribution in [2.24, 2.45) is 5.11 Å². The number of hydrogen-bond donors (Lipinski definition) is 2. The summed E-state index contributed by atoms with van der Waals surface area (Å²) in [7, 11) is 0. The second-order valence-electron chi connectivity index (χ2n) is 2.61. The Bertz CT molecular complexity index is 377. The van der Waals surface area contributed by atoms with Gasteiger partial charge in [-0.2, -0.15) is 0 Å². The molecule has 0 amide bonds. The topological polar surface area (TPSA) is 89.2 Å². The molecule has 74 valence electrons. The van der Waals surface area contributed by atoms with Gasteiger partial charge < -0.3 is 10.2 Å². The molecule has 1 unspecified atom stereocenters. The van der Waals surface area contributed by atoms with Crippen LogP contribution in [0.2, 0.25) is 0 Å².